The molecule has 5 nitrogen and oxygen atoms in total. The third kappa shape index (κ3) is 4.35. The third-order valence-corrected chi connectivity index (χ3v) is 2.69. The van der Waals surface area contributed by atoms with E-state index >= 15 is 0 Å². The van der Waals surface area contributed by atoms with Crippen LogP contribution in [0.25, 0.3) is 0 Å². The highest BCUT2D eigenvalue weighted by atomic mass is 32.2. The Morgan fingerprint density at radius 2 is 2.47 bits per heavy atom. The standard InChI is InChI=1S/C9H15N3O2S/c1-9(14,5-15-2)4-10-7-3-8(13)12-6-11-7/h3,6,14H,4-5H2,1-2H3,(H2,10,11,12,13). The van der Waals surface area contributed by atoms with Crippen molar-refractivity contribution in [2.45, 2.75) is 12.5 Å². The molecule has 0 bridgehead atoms. The summed E-state index contributed by atoms with van der Waals surface area (Å²) < 4.78 is 0. The van der Waals surface area contributed by atoms with Crippen molar-refractivity contribution in [1.29, 1.82) is 0 Å². The molecule has 3 N–H and O–H groups in total. The zero-order chi connectivity index (χ0) is 11.3. The summed E-state index contributed by atoms with van der Waals surface area (Å²) in [5, 5.41) is 12.8. The fourth-order valence-electron chi connectivity index (χ4n) is 1.11. The van der Waals surface area contributed by atoms with Crippen molar-refractivity contribution in [2.75, 3.05) is 23.9 Å². The summed E-state index contributed by atoms with van der Waals surface area (Å²) in [6.07, 6.45) is 3.26. The van der Waals surface area contributed by atoms with E-state index in [0.29, 0.717) is 18.1 Å². The minimum absolute atomic E-state index is 0.211. The summed E-state index contributed by atoms with van der Waals surface area (Å²) >= 11 is 1.57. The number of hydrogen-bond acceptors (Lipinski definition) is 5. The summed E-state index contributed by atoms with van der Waals surface area (Å²) in [6.45, 7) is 2.11. The predicted molar refractivity (Wildman–Crippen MR) is 62.4 cm³/mol. The van der Waals surface area contributed by atoms with Crippen molar-refractivity contribution >= 4 is 17.6 Å². The first-order valence-electron chi connectivity index (χ1n) is 4.53. The number of thioether (sulfide) groups is 1. The highest BCUT2D eigenvalue weighted by molar-refractivity contribution is 7.98. The van der Waals surface area contributed by atoms with E-state index in [1.807, 2.05) is 6.26 Å². The van der Waals surface area contributed by atoms with E-state index in [9.17, 15) is 9.90 Å². The van der Waals surface area contributed by atoms with Crippen LogP contribution in [0.15, 0.2) is 17.2 Å². The normalized spacial score (nSPS) is 14.6. The van der Waals surface area contributed by atoms with Gasteiger partial charge in [0.05, 0.1) is 11.9 Å². The first-order valence-corrected chi connectivity index (χ1v) is 5.93. The zero-order valence-electron chi connectivity index (χ0n) is 8.78. The van der Waals surface area contributed by atoms with Gasteiger partial charge < -0.3 is 15.4 Å². The Labute approximate surface area is 92.3 Å². The molecule has 1 aromatic heterocycles. The molecule has 1 unspecified atom stereocenters. The van der Waals surface area contributed by atoms with Crippen molar-refractivity contribution in [1.82, 2.24) is 9.97 Å². The Balaban J connectivity index is 2.53. The number of anilines is 1. The van der Waals surface area contributed by atoms with Crippen LogP contribution in [0, 0.1) is 0 Å². The molecule has 6 heteroatoms. The molecule has 1 atom stereocenters. The van der Waals surface area contributed by atoms with Crippen LogP contribution in [0.1, 0.15) is 6.92 Å². The lowest BCUT2D eigenvalue weighted by molar-refractivity contribution is 0.0996. The fourth-order valence-corrected chi connectivity index (χ4v) is 1.83. The number of aromatic nitrogens is 2. The molecule has 0 aromatic carbocycles. The molecular formula is C9H15N3O2S. The Bertz CT molecular complexity index is 364. The van der Waals surface area contributed by atoms with Crippen molar-refractivity contribution in [3.8, 4) is 0 Å². The minimum Gasteiger partial charge on any atom is -0.387 e. The van der Waals surface area contributed by atoms with Crippen molar-refractivity contribution < 1.29 is 5.11 Å². The van der Waals surface area contributed by atoms with E-state index < -0.39 is 5.60 Å². The molecule has 0 aliphatic carbocycles. The lowest BCUT2D eigenvalue weighted by atomic mass is 10.1. The lowest BCUT2D eigenvalue weighted by Gasteiger charge is -2.22. The van der Waals surface area contributed by atoms with Gasteiger partial charge in [-0.15, -0.1) is 0 Å². The monoisotopic (exact) mass is 229 g/mol. The van der Waals surface area contributed by atoms with E-state index in [2.05, 4.69) is 15.3 Å². The summed E-state index contributed by atoms with van der Waals surface area (Å²) in [6, 6.07) is 1.36. The van der Waals surface area contributed by atoms with Crippen LogP contribution in [0.4, 0.5) is 5.82 Å². The zero-order valence-corrected chi connectivity index (χ0v) is 9.60. The second kappa shape index (κ2) is 5.18. The molecule has 84 valence electrons. The van der Waals surface area contributed by atoms with Crippen LogP contribution >= 0.6 is 11.8 Å². The first kappa shape index (κ1) is 12.1. The summed E-state index contributed by atoms with van der Waals surface area (Å²) in [7, 11) is 0. The summed E-state index contributed by atoms with van der Waals surface area (Å²) in [5.41, 5.74) is -1.01. The van der Waals surface area contributed by atoms with Gasteiger partial charge in [-0.05, 0) is 13.2 Å². The number of H-pyrrole nitrogens is 1. The van der Waals surface area contributed by atoms with Gasteiger partial charge in [0.15, 0.2) is 0 Å². The second-order valence-corrected chi connectivity index (χ2v) is 4.45. The van der Waals surface area contributed by atoms with Gasteiger partial charge in [0.1, 0.15) is 5.82 Å². The topological polar surface area (TPSA) is 78.0 Å². The molecule has 0 amide bonds. The average Bonchev–Trinajstić information content (AvgIpc) is 2.15. The summed E-state index contributed by atoms with van der Waals surface area (Å²) in [4.78, 5) is 17.3. The van der Waals surface area contributed by atoms with E-state index in [-0.39, 0.29) is 5.56 Å². The van der Waals surface area contributed by atoms with Crippen LogP contribution in [-0.2, 0) is 0 Å². The predicted octanol–water partition coefficient (Wildman–Crippen LogP) is 0.296. The number of aliphatic hydroxyl groups is 1. The van der Waals surface area contributed by atoms with Gasteiger partial charge in [0.2, 0.25) is 0 Å². The number of hydrogen-bond donors (Lipinski definition) is 3. The fraction of sp³-hybridized carbons (Fsp3) is 0.556. The van der Waals surface area contributed by atoms with Crippen LogP contribution in [0.2, 0.25) is 0 Å². The van der Waals surface area contributed by atoms with E-state index in [4.69, 9.17) is 0 Å². The smallest absolute Gasteiger partial charge is 0.252 e. The van der Waals surface area contributed by atoms with Crippen LogP contribution in [0.5, 0.6) is 0 Å². The Morgan fingerprint density at radius 1 is 1.73 bits per heavy atom. The lowest BCUT2D eigenvalue weighted by Crippen LogP contribution is -2.36. The highest BCUT2D eigenvalue weighted by Gasteiger charge is 2.19. The average molecular weight is 229 g/mol. The van der Waals surface area contributed by atoms with Gasteiger partial charge >= 0.3 is 0 Å². The highest BCUT2D eigenvalue weighted by Crippen LogP contribution is 2.11. The van der Waals surface area contributed by atoms with Crippen LogP contribution < -0.4 is 10.9 Å². The molecule has 0 aliphatic rings. The molecule has 1 rings (SSSR count). The summed E-state index contributed by atoms with van der Waals surface area (Å²) in [5.74, 6) is 1.10. The van der Waals surface area contributed by atoms with E-state index in [1.54, 1.807) is 18.7 Å². The number of nitrogens with one attached hydrogen (secondary N) is 2. The largest absolute Gasteiger partial charge is 0.387 e. The second-order valence-electron chi connectivity index (χ2n) is 3.58. The molecule has 0 saturated carbocycles. The quantitative estimate of drug-likeness (QED) is 0.676. The SMILES string of the molecule is CSCC(C)(O)CNc1cc(=O)[nH]cn1. The van der Waals surface area contributed by atoms with Crippen LogP contribution in [0.3, 0.4) is 0 Å². The molecule has 0 fully saturated rings. The van der Waals surface area contributed by atoms with Gasteiger partial charge in [0, 0.05) is 18.4 Å². The molecular weight excluding hydrogens is 214 g/mol. The Hall–Kier alpha value is -1.01. The molecule has 0 spiro atoms. The minimum atomic E-state index is -0.802. The van der Waals surface area contributed by atoms with Gasteiger partial charge in [-0.25, -0.2) is 4.98 Å². The molecule has 1 aromatic rings. The molecule has 0 radical (unpaired) electrons. The van der Waals surface area contributed by atoms with E-state index in [1.165, 1.54) is 12.4 Å². The molecule has 0 saturated heterocycles. The maximum Gasteiger partial charge on any atom is 0.252 e. The van der Waals surface area contributed by atoms with Gasteiger partial charge in [-0.2, -0.15) is 11.8 Å². The third-order valence-electron chi connectivity index (χ3n) is 1.78. The first-order chi connectivity index (χ1) is 7.03. The molecule has 0 aliphatic heterocycles. The number of aromatic amines is 1. The van der Waals surface area contributed by atoms with Gasteiger partial charge in [0.25, 0.3) is 5.56 Å². The maximum atomic E-state index is 10.9. The van der Waals surface area contributed by atoms with Crippen molar-refractivity contribution in [2.24, 2.45) is 0 Å². The maximum absolute atomic E-state index is 10.9. The molecule has 15 heavy (non-hydrogen) atoms. The number of nitrogens with zero attached hydrogens (tertiary/aromatic N) is 1. The van der Waals surface area contributed by atoms with Crippen molar-refractivity contribution in [3.05, 3.63) is 22.7 Å². The van der Waals surface area contributed by atoms with Crippen LogP contribution in [-0.4, -0.2) is 39.2 Å². The van der Waals surface area contributed by atoms with Gasteiger partial charge in [-0.3, -0.25) is 4.79 Å². The van der Waals surface area contributed by atoms with E-state index in [0.717, 1.165) is 0 Å². The Morgan fingerprint density at radius 3 is 3.07 bits per heavy atom. The number of rotatable bonds is 5. The molecule has 1 heterocycles. The van der Waals surface area contributed by atoms with Crippen molar-refractivity contribution in [3.63, 3.8) is 0 Å². The Kier molecular flexibility index (Phi) is 4.16. The van der Waals surface area contributed by atoms with Gasteiger partial charge in [-0.1, -0.05) is 0 Å².